The summed E-state index contributed by atoms with van der Waals surface area (Å²) in [6.07, 6.45) is 1.76. The predicted octanol–water partition coefficient (Wildman–Crippen LogP) is 5.33. The van der Waals surface area contributed by atoms with Gasteiger partial charge in [-0.25, -0.2) is 15.4 Å². The highest BCUT2D eigenvalue weighted by atomic mass is 16.5. The summed E-state index contributed by atoms with van der Waals surface area (Å²) in [5, 5.41) is 4.35. The molecule has 0 spiro atoms. The van der Waals surface area contributed by atoms with Crippen LogP contribution in [0.3, 0.4) is 0 Å². The molecule has 0 bridgehead atoms. The van der Waals surface area contributed by atoms with E-state index in [4.69, 9.17) is 4.74 Å². The van der Waals surface area contributed by atoms with Gasteiger partial charge in [0.2, 0.25) is 5.95 Å². The Morgan fingerprint density at radius 3 is 2.03 bits per heavy atom. The fourth-order valence-electron chi connectivity index (χ4n) is 3.19. The lowest BCUT2D eigenvalue weighted by Crippen LogP contribution is -2.08. The van der Waals surface area contributed by atoms with Crippen LogP contribution in [0.4, 0.5) is 11.6 Å². The van der Waals surface area contributed by atoms with E-state index in [0.29, 0.717) is 5.95 Å². The molecule has 160 valence electrons. The predicted molar refractivity (Wildman–Crippen MR) is 131 cm³/mol. The molecule has 0 saturated carbocycles. The first-order valence-corrected chi connectivity index (χ1v) is 10.3. The van der Waals surface area contributed by atoms with E-state index in [-0.39, 0.29) is 0 Å². The van der Waals surface area contributed by atoms with Gasteiger partial charge in [-0.2, -0.15) is 5.10 Å². The second-order valence-electron chi connectivity index (χ2n) is 7.41. The van der Waals surface area contributed by atoms with Gasteiger partial charge in [0, 0.05) is 30.9 Å². The maximum absolute atomic E-state index is 5.27. The van der Waals surface area contributed by atoms with E-state index >= 15 is 0 Å². The van der Waals surface area contributed by atoms with Crippen LogP contribution in [0, 0.1) is 0 Å². The van der Waals surface area contributed by atoms with Gasteiger partial charge in [-0.3, -0.25) is 0 Å². The Hall–Kier alpha value is -4.19. The summed E-state index contributed by atoms with van der Waals surface area (Å²) >= 11 is 0. The van der Waals surface area contributed by atoms with Crippen LogP contribution in [-0.2, 0) is 0 Å². The molecule has 1 heterocycles. The minimum Gasteiger partial charge on any atom is -0.497 e. The lowest BCUT2D eigenvalue weighted by Gasteiger charge is -2.11. The number of hydrogen-bond acceptors (Lipinski definition) is 6. The normalized spacial score (nSPS) is 10.8. The molecule has 1 aromatic heterocycles. The lowest BCUT2D eigenvalue weighted by atomic mass is 10.1. The number of benzene rings is 3. The summed E-state index contributed by atoms with van der Waals surface area (Å²) in [4.78, 5) is 11.4. The molecule has 0 aliphatic rings. The molecule has 0 saturated heterocycles. The van der Waals surface area contributed by atoms with Gasteiger partial charge in [0.05, 0.1) is 24.7 Å². The summed E-state index contributed by atoms with van der Waals surface area (Å²) in [5.41, 5.74) is 8.71. The van der Waals surface area contributed by atoms with Gasteiger partial charge in [-0.1, -0.05) is 42.5 Å². The second kappa shape index (κ2) is 9.75. The molecule has 0 amide bonds. The van der Waals surface area contributed by atoms with Crippen LogP contribution in [0.15, 0.2) is 90.0 Å². The molecule has 4 aromatic rings. The van der Waals surface area contributed by atoms with Crippen molar-refractivity contribution in [3.8, 4) is 28.3 Å². The molecule has 0 fully saturated rings. The van der Waals surface area contributed by atoms with Gasteiger partial charge in [-0.05, 0) is 48.0 Å². The number of aromatic nitrogens is 2. The Labute approximate surface area is 188 Å². The van der Waals surface area contributed by atoms with Crippen LogP contribution >= 0.6 is 0 Å². The van der Waals surface area contributed by atoms with Gasteiger partial charge < -0.3 is 9.64 Å². The first-order valence-electron chi connectivity index (χ1n) is 10.3. The second-order valence-corrected chi connectivity index (χ2v) is 7.41. The van der Waals surface area contributed by atoms with E-state index in [1.807, 2.05) is 86.9 Å². The molecule has 4 rings (SSSR count). The lowest BCUT2D eigenvalue weighted by molar-refractivity contribution is 0.415. The van der Waals surface area contributed by atoms with Crippen LogP contribution in [0.2, 0.25) is 0 Å². The van der Waals surface area contributed by atoms with Crippen LogP contribution in [0.1, 0.15) is 5.56 Å². The molecule has 6 nitrogen and oxygen atoms in total. The fraction of sp³-hybridized carbons (Fsp3) is 0.115. The molecule has 0 unspecified atom stereocenters. The standard InChI is InChI=1S/C26H25N5O/c1-31(2)22-13-9-19(10-14-22)18-27-30-26-28-24(20-7-5-4-6-8-20)17-25(29-26)21-11-15-23(32-3)16-12-21/h4-18H,1-3H3,(H,28,29,30). The SMILES string of the molecule is COc1ccc(-c2cc(-c3ccccc3)nc(NN=Cc3ccc(N(C)C)cc3)n2)cc1. The third-order valence-corrected chi connectivity index (χ3v) is 4.97. The van der Waals surface area contributed by atoms with Crippen LogP contribution in [-0.4, -0.2) is 37.4 Å². The third kappa shape index (κ3) is 5.10. The fourth-order valence-corrected chi connectivity index (χ4v) is 3.19. The molecule has 1 N–H and O–H groups in total. The number of ether oxygens (including phenoxy) is 1. The first kappa shape index (κ1) is 21.1. The number of hydrogen-bond donors (Lipinski definition) is 1. The smallest absolute Gasteiger partial charge is 0.244 e. The Balaban J connectivity index is 1.62. The summed E-state index contributed by atoms with van der Waals surface area (Å²) in [6, 6.07) is 27.9. The van der Waals surface area contributed by atoms with Crippen LogP contribution in [0.25, 0.3) is 22.5 Å². The third-order valence-electron chi connectivity index (χ3n) is 4.97. The van der Waals surface area contributed by atoms with Crippen LogP contribution < -0.4 is 15.1 Å². The molecule has 0 aliphatic heterocycles. The maximum atomic E-state index is 5.27. The van der Waals surface area contributed by atoms with Crippen molar-refractivity contribution < 1.29 is 4.74 Å². The number of anilines is 2. The number of nitrogens with zero attached hydrogens (tertiary/aromatic N) is 4. The van der Waals surface area contributed by atoms with E-state index in [1.165, 1.54) is 0 Å². The Kier molecular flexibility index (Phi) is 6.41. The molecular weight excluding hydrogens is 398 g/mol. The van der Waals surface area contributed by atoms with Crippen molar-refractivity contribution in [3.05, 3.63) is 90.5 Å². The average Bonchev–Trinajstić information content (AvgIpc) is 2.85. The summed E-state index contributed by atoms with van der Waals surface area (Å²) in [5.74, 6) is 1.23. The molecule has 0 aliphatic carbocycles. The Morgan fingerprint density at radius 2 is 1.44 bits per heavy atom. The number of nitrogens with one attached hydrogen (secondary N) is 1. The topological polar surface area (TPSA) is 62.6 Å². The number of rotatable bonds is 7. The van der Waals surface area contributed by atoms with Crippen molar-refractivity contribution in [2.75, 3.05) is 31.5 Å². The highest BCUT2D eigenvalue weighted by Crippen LogP contribution is 2.26. The first-order chi connectivity index (χ1) is 15.6. The van der Waals surface area contributed by atoms with Crippen molar-refractivity contribution in [3.63, 3.8) is 0 Å². The van der Waals surface area contributed by atoms with Gasteiger partial charge in [-0.15, -0.1) is 0 Å². The molecule has 0 atom stereocenters. The molecule has 6 heteroatoms. The van der Waals surface area contributed by atoms with Gasteiger partial charge in [0.25, 0.3) is 0 Å². The highest BCUT2D eigenvalue weighted by Gasteiger charge is 2.09. The van der Waals surface area contributed by atoms with E-state index in [9.17, 15) is 0 Å². The Bertz CT molecular complexity index is 1190. The van der Waals surface area contributed by atoms with Crippen molar-refractivity contribution in [2.24, 2.45) is 5.10 Å². The number of hydrazone groups is 1. The minimum atomic E-state index is 0.429. The largest absolute Gasteiger partial charge is 0.497 e. The zero-order chi connectivity index (χ0) is 22.3. The van der Waals surface area contributed by atoms with Crippen molar-refractivity contribution >= 4 is 17.9 Å². The van der Waals surface area contributed by atoms with E-state index < -0.39 is 0 Å². The average molecular weight is 424 g/mol. The zero-order valence-corrected chi connectivity index (χ0v) is 18.4. The van der Waals surface area contributed by atoms with E-state index in [2.05, 4.69) is 37.5 Å². The van der Waals surface area contributed by atoms with E-state index in [0.717, 1.165) is 39.5 Å². The van der Waals surface area contributed by atoms with Crippen LogP contribution in [0.5, 0.6) is 5.75 Å². The van der Waals surface area contributed by atoms with Crippen molar-refractivity contribution in [1.82, 2.24) is 9.97 Å². The van der Waals surface area contributed by atoms with Gasteiger partial charge in [0.15, 0.2) is 0 Å². The van der Waals surface area contributed by atoms with E-state index in [1.54, 1.807) is 13.3 Å². The molecule has 0 radical (unpaired) electrons. The van der Waals surface area contributed by atoms with Crippen molar-refractivity contribution in [1.29, 1.82) is 0 Å². The number of methoxy groups -OCH3 is 1. The highest BCUT2D eigenvalue weighted by molar-refractivity contribution is 5.81. The summed E-state index contributed by atoms with van der Waals surface area (Å²) in [7, 11) is 5.69. The maximum Gasteiger partial charge on any atom is 0.244 e. The summed E-state index contributed by atoms with van der Waals surface area (Å²) in [6.45, 7) is 0. The van der Waals surface area contributed by atoms with Gasteiger partial charge in [0.1, 0.15) is 5.75 Å². The molecule has 3 aromatic carbocycles. The Morgan fingerprint density at radius 1 is 0.812 bits per heavy atom. The summed E-state index contributed by atoms with van der Waals surface area (Å²) < 4.78 is 5.27. The monoisotopic (exact) mass is 423 g/mol. The minimum absolute atomic E-state index is 0.429. The molecular formula is C26H25N5O. The zero-order valence-electron chi connectivity index (χ0n) is 18.4. The van der Waals surface area contributed by atoms with Gasteiger partial charge >= 0.3 is 0 Å². The van der Waals surface area contributed by atoms with Crippen molar-refractivity contribution in [2.45, 2.75) is 0 Å². The molecule has 32 heavy (non-hydrogen) atoms. The quantitative estimate of drug-likeness (QED) is 0.321.